The molecule has 0 bridgehead atoms. The number of rotatable bonds is 13. The maximum Gasteiger partial charge on any atom is 0.429 e. The van der Waals surface area contributed by atoms with Crippen molar-refractivity contribution in [1.29, 1.82) is 0 Å². The van der Waals surface area contributed by atoms with Crippen LogP contribution in [0.1, 0.15) is 78.3 Å². The lowest BCUT2D eigenvalue weighted by atomic mass is 10.1. The molecule has 0 atom stereocenters. The fourth-order valence-electron chi connectivity index (χ4n) is 7.55. The van der Waals surface area contributed by atoms with E-state index in [1.54, 1.807) is 32.9 Å². The highest BCUT2D eigenvalue weighted by Crippen LogP contribution is 2.29. The molecule has 0 aliphatic carbocycles. The van der Waals surface area contributed by atoms with Crippen molar-refractivity contribution in [2.75, 3.05) is 39.3 Å². The lowest BCUT2D eigenvalue weighted by Crippen LogP contribution is -2.59. The van der Waals surface area contributed by atoms with Crippen LogP contribution in [0, 0.1) is 11.6 Å². The molecule has 2 aliphatic heterocycles. The molecule has 2 heterocycles. The summed E-state index contributed by atoms with van der Waals surface area (Å²) in [5.74, 6) is -3.77. The van der Waals surface area contributed by atoms with Crippen LogP contribution in [0.3, 0.4) is 0 Å². The summed E-state index contributed by atoms with van der Waals surface area (Å²) in [6.45, 7) is 5.06. The molecule has 63 heavy (non-hydrogen) atoms. The summed E-state index contributed by atoms with van der Waals surface area (Å²) in [6, 6.07) is 23.6. The molecular weight excluding hydrogens is 855 g/mol. The molecule has 338 valence electrons. The zero-order valence-electron chi connectivity index (χ0n) is 35.6. The first-order valence-electron chi connectivity index (χ1n) is 20.9. The number of sulfonamides is 2. The number of hydrogen-bond acceptors (Lipinski definition) is 9. The highest BCUT2D eigenvalue weighted by Gasteiger charge is 2.41. The number of hydrazine groups is 1. The number of ether oxygens (including phenoxy) is 1. The first kappa shape index (κ1) is 47.2. The number of carbonyl (C=O) groups excluding carboxylic acids is 3. The van der Waals surface area contributed by atoms with Crippen molar-refractivity contribution in [3.05, 3.63) is 131 Å². The van der Waals surface area contributed by atoms with Crippen LogP contribution in [-0.4, -0.2) is 110 Å². The summed E-state index contributed by atoms with van der Waals surface area (Å²) in [4.78, 5) is 40.9. The van der Waals surface area contributed by atoms with Gasteiger partial charge in [-0.05, 0) is 107 Å². The Morgan fingerprint density at radius 3 is 1.68 bits per heavy atom. The number of piperidine rings is 2. The number of nitrogens with one attached hydrogen (secondary N) is 1. The van der Waals surface area contributed by atoms with Gasteiger partial charge in [-0.2, -0.15) is 8.61 Å². The van der Waals surface area contributed by atoms with Crippen LogP contribution in [0.5, 0.6) is 0 Å². The van der Waals surface area contributed by atoms with Gasteiger partial charge in [-0.1, -0.05) is 60.7 Å². The van der Waals surface area contributed by atoms with E-state index >= 15 is 8.78 Å². The standard InChI is InChI=1S/C45H54F2N6O8S2/c1-45(2,3)61-44(56)53(35-22-27-51(28-23-35)63(59,60)36-14-16-38(40(46)30-36)42(54)49-24-18-32-10-6-4-7-11-32)52(29-19-33-12-8-5-9-13-33)43(55)39-17-15-37(31-41(39)47)62(57,58)50-25-20-34(48)21-26-50/h4-17,30-31,34-35H,18-29,48H2,1-3H3,(H,49,54). The largest absolute Gasteiger partial charge is 0.442 e. The lowest BCUT2D eigenvalue weighted by Gasteiger charge is -2.43. The Labute approximate surface area is 368 Å². The molecule has 6 rings (SSSR count). The van der Waals surface area contributed by atoms with Gasteiger partial charge in [0, 0.05) is 45.3 Å². The lowest BCUT2D eigenvalue weighted by molar-refractivity contribution is -0.0646. The van der Waals surface area contributed by atoms with Crippen LogP contribution in [0.2, 0.25) is 0 Å². The number of amides is 3. The molecule has 18 heteroatoms. The number of hydrogen-bond donors (Lipinski definition) is 2. The SMILES string of the molecule is CC(C)(C)OC(=O)N(C1CCN(S(=O)(=O)c2ccc(C(=O)NCCc3ccccc3)c(F)c2)CC1)N(CCc1ccccc1)C(=O)c1ccc(S(=O)(=O)N2CCC(N)CC2)cc1F. The molecule has 4 aromatic carbocycles. The minimum Gasteiger partial charge on any atom is -0.442 e. The van der Waals surface area contributed by atoms with E-state index in [0.717, 1.165) is 55.8 Å². The molecule has 3 N–H and O–H groups in total. The average molecular weight is 909 g/mol. The third kappa shape index (κ3) is 11.7. The van der Waals surface area contributed by atoms with Gasteiger partial charge >= 0.3 is 6.09 Å². The second-order valence-electron chi connectivity index (χ2n) is 16.6. The van der Waals surface area contributed by atoms with E-state index in [9.17, 15) is 31.2 Å². The van der Waals surface area contributed by atoms with Crippen LogP contribution in [0.15, 0.2) is 107 Å². The number of nitrogens with zero attached hydrogens (tertiary/aromatic N) is 4. The summed E-state index contributed by atoms with van der Waals surface area (Å²) >= 11 is 0. The maximum atomic E-state index is 16.1. The second kappa shape index (κ2) is 20.1. The van der Waals surface area contributed by atoms with Crippen molar-refractivity contribution in [1.82, 2.24) is 23.9 Å². The topological polar surface area (TPSA) is 180 Å². The first-order chi connectivity index (χ1) is 29.8. The van der Waals surface area contributed by atoms with Crippen LogP contribution < -0.4 is 11.1 Å². The Bertz CT molecular complexity index is 2480. The van der Waals surface area contributed by atoms with Crippen LogP contribution >= 0.6 is 0 Å². The predicted octanol–water partition coefficient (Wildman–Crippen LogP) is 5.74. The normalized spacial score (nSPS) is 16.0. The van der Waals surface area contributed by atoms with Gasteiger partial charge in [0.2, 0.25) is 20.0 Å². The quantitative estimate of drug-likeness (QED) is 0.158. The fourth-order valence-corrected chi connectivity index (χ4v) is 10.5. The maximum absolute atomic E-state index is 16.1. The van der Waals surface area contributed by atoms with Crippen LogP contribution in [0.25, 0.3) is 0 Å². The number of carbonyl (C=O) groups is 3. The second-order valence-corrected chi connectivity index (χ2v) is 20.5. The van der Waals surface area contributed by atoms with Gasteiger partial charge in [0.1, 0.15) is 17.2 Å². The molecular formula is C45H54F2N6O8S2. The smallest absolute Gasteiger partial charge is 0.429 e. The van der Waals surface area contributed by atoms with E-state index in [1.807, 2.05) is 48.5 Å². The molecule has 0 aromatic heterocycles. The Morgan fingerprint density at radius 2 is 1.19 bits per heavy atom. The zero-order valence-corrected chi connectivity index (χ0v) is 37.2. The summed E-state index contributed by atoms with van der Waals surface area (Å²) in [7, 11) is -8.41. The van der Waals surface area contributed by atoms with Gasteiger partial charge in [-0.3, -0.25) is 9.59 Å². The summed E-state index contributed by atoms with van der Waals surface area (Å²) in [6.07, 6.45) is 0.690. The van der Waals surface area contributed by atoms with E-state index in [0.29, 0.717) is 19.3 Å². The van der Waals surface area contributed by atoms with E-state index in [1.165, 1.54) is 10.4 Å². The number of benzene rings is 4. The summed E-state index contributed by atoms with van der Waals surface area (Å²) in [5, 5.41) is 4.84. The van der Waals surface area contributed by atoms with Crippen molar-refractivity contribution in [3.8, 4) is 0 Å². The monoisotopic (exact) mass is 908 g/mol. The van der Waals surface area contributed by atoms with Crippen molar-refractivity contribution < 1.29 is 44.7 Å². The van der Waals surface area contributed by atoms with Crippen LogP contribution in [-0.2, 0) is 37.6 Å². The van der Waals surface area contributed by atoms with E-state index < -0.39 is 66.8 Å². The minimum absolute atomic E-state index is 0.00285. The van der Waals surface area contributed by atoms with Gasteiger partial charge in [0.05, 0.1) is 27.0 Å². The Hall–Kier alpha value is -5.27. The third-order valence-corrected chi connectivity index (χ3v) is 14.8. The molecule has 4 aromatic rings. The highest BCUT2D eigenvalue weighted by atomic mass is 32.2. The fraction of sp³-hybridized carbons (Fsp3) is 0.400. The molecule has 3 amide bonds. The predicted molar refractivity (Wildman–Crippen MR) is 232 cm³/mol. The average Bonchev–Trinajstić information content (AvgIpc) is 3.25. The van der Waals surface area contributed by atoms with E-state index in [-0.39, 0.29) is 79.9 Å². The molecule has 2 fully saturated rings. The first-order valence-corrected chi connectivity index (χ1v) is 23.8. The third-order valence-electron chi connectivity index (χ3n) is 11.0. The molecule has 2 aliphatic rings. The molecule has 2 saturated heterocycles. The Morgan fingerprint density at radius 1 is 0.714 bits per heavy atom. The minimum atomic E-state index is -4.30. The molecule has 0 spiro atoms. The van der Waals surface area contributed by atoms with Gasteiger partial charge in [0.15, 0.2) is 0 Å². The van der Waals surface area contributed by atoms with Gasteiger partial charge in [-0.25, -0.2) is 40.4 Å². The Kier molecular flexibility index (Phi) is 15.0. The summed E-state index contributed by atoms with van der Waals surface area (Å²) in [5.41, 5.74) is 5.89. The van der Waals surface area contributed by atoms with Crippen molar-refractivity contribution in [3.63, 3.8) is 0 Å². The van der Waals surface area contributed by atoms with Crippen molar-refractivity contribution >= 4 is 38.0 Å². The molecule has 0 saturated carbocycles. The van der Waals surface area contributed by atoms with Gasteiger partial charge in [0.25, 0.3) is 11.8 Å². The number of nitrogens with two attached hydrogens (primary N) is 1. The van der Waals surface area contributed by atoms with E-state index in [2.05, 4.69) is 5.32 Å². The van der Waals surface area contributed by atoms with Crippen molar-refractivity contribution in [2.24, 2.45) is 5.73 Å². The molecule has 0 unspecified atom stereocenters. The zero-order chi connectivity index (χ0) is 45.5. The highest BCUT2D eigenvalue weighted by molar-refractivity contribution is 7.89. The van der Waals surface area contributed by atoms with Gasteiger partial charge < -0.3 is 15.8 Å². The molecule has 0 radical (unpaired) electrons. The van der Waals surface area contributed by atoms with Crippen LogP contribution in [0.4, 0.5) is 13.6 Å². The summed E-state index contributed by atoms with van der Waals surface area (Å²) < 4.78 is 94.3. The molecule has 14 nitrogen and oxygen atoms in total. The van der Waals surface area contributed by atoms with Gasteiger partial charge in [-0.15, -0.1) is 0 Å². The van der Waals surface area contributed by atoms with E-state index in [4.69, 9.17) is 10.5 Å². The Balaban J connectivity index is 1.23. The number of halogens is 2. The van der Waals surface area contributed by atoms with Crippen molar-refractivity contribution in [2.45, 2.75) is 86.8 Å².